The van der Waals surface area contributed by atoms with Gasteiger partial charge in [0.1, 0.15) is 5.82 Å². The molecule has 0 saturated heterocycles. The zero-order chi connectivity index (χ0) is 16.7. The number of rotatable bonds is 5. The van der Waals surface area contributed by atoms with Crippen LogP contribution in [0.3, 0.4) is 0 Å². The van der Waals surface area contributed by atoms with Crippen LogP contribution in [-0.4, -0.2) is 26.2 Å². The molecule has 1 aliphatic rings. The summed E-state index contributed by atoms with van der Waals surface area (Å²) in [6.45, 7) is 0.622. The van der Waals surface area contributed by atoms with Crippen LogP contribution in [0.25, 0.3) is 11.4 Å². The SMILES string of the molecule is COc1c(F)cc(-c2nccn2Cc2cncn2C2CC2)cc1Cl. The smallest absolute Gasteiger partial charge is 0.173 e. The summed E-state index contributed by atoms with van der Waals surface area (Å²) in [5.41, 5.74) is 1.72. The van der Waals surface area contributed by atoms with E-state index in [2.05, 4.69) is 14.5 Å². The second kappa shape index (κ2) is 5.94. The fourth-order valence-corrected chi connectivity index (χ4v) is 3.18. The molecule has 0 spiro atoms. The predicted octanol–water partition coefficient (Wildman–Crippen LogP) is 3.93. The highest BCUT2D eigenvalue weighted by molar-refractivity contribution is 6.32. The van der Waals surface area contributed by atoms with Crippen molar-refractivity contribution in [3.63, 3.8) is 0 Å². The normalized spacial score (nSPS) is 14.1. The summed E-state index contributed by atoms with van der Waals surface area (Å²) in [5.74, 6) is 0.199. The van der Waals surface area contributed by atoms with Gasteiger partial charge in [-0.25, -0.2) is 14.4 Å². The van der Waals surface area contributed by atoms with Gasteiger partial charge in [-0.2, -0.15) is 0 Å². The summed E-state index contributed by atoms with van der Waals surface area (Å²) >= 11 is 6.11. The maximum Gasteiger partial charge on any atom is 0.173 e. The molecule has 24 heavy (non-hydrogen) atoms. The van der Waals surface area contributed by atoms with Crippen molar-refractivity contribution >= 4 is 11.6 Å². The van der Waals surface area contributed by atoms with E-state index in [0.29, 0.717) is 24.0 Å². The van der Waals surface area contributed by atoms with Crippen molar-refractivity contribution in [3.05, 3.63) is 53.6 Å². The highest BCUT2D eigenvalue weighted by Crippen LogP contribution is 2.36. The molecule has 1 saturated carbocycles. The third-order valence-corrected chi connectivity index (χ3v) is 4.48. The monoisotopic (exact) mass is 346 g/mol. The van der Waals surface area contributed by atoms with E-state index in [0.717, 1.165) is 5.69 Å². The van der Waals surface area contributed by atoms with Crippen LogP contribution in [-0.2, 0) is 6.54 Å². The maximum atomic E-state index is 14.1. The Hall–Kier alpha value is -2.34. The fraction of sp³-hybridized carbons (Fsp3) is 0.294. The van der Waals surface area contributed by atoms with Crippen molar-refractivity contribution in [1.29, 1.82) is 0 Å². The van der Waals surface area contributed by atoms with Gasteiger partial charge in [0.25, 0.3) is 0 Å². The summed E-state index contributed by atoms with van der Waals surface area (Å²) in [4.78, 5) is 8.61. The second-order valence-electron chi connectivity index (χ2n) is 5.88. The lowest BCUT2D eigenvalue weighted by molar-refractivity contribution is 0.387. The summed E-state index contributed by atoms with van der Waals surface area (Å²) in [7, 11) is 1.39. The van der Waals surface area contributed by atoms with Gasteiger partial charge in [0, 0.05) is 30.2 Å². The van der Waals surface area contributed by atoms with Gasteiger partial charge in [0.05, 0.1) is 30.7 Å². The van der Waals surface area contributed by atoms with E-state index in [1.165, 1.54) is 26.0 Å². The first kappa shape index (κ1) is 15.2. The van der Waals surface area contributed by atoms with Gasteiger partial charge in [-0.05, 0) is 25.0 Å². The van der Waals surface area contributed by atoms with Gasteiger partial charge in [-0.1, -0.05) is 11.6 Å². The van der Waals surface area contributed by atoms with Crippen molar-refractivity contribution in [2.45, 2.75) is 25.4 Å². The minimum absolute atomic E-state index is 0.0466. The van der Waals surface area contributed by atoms with Gasteiger partial charge < -0.3 is 13.9 Å². The van der Waals surface area contributed by atoms with E-state index in [-0.39, 0.29) is 10.8 Å². The van der Waals surface area contributed by atoms with Gasteiger partial charge in [0.15, 0.2) is 11.6 Å². The first-order valence-corrected chi connectivity index (χ1v) is 8.10. The van der Waals surface area contributed by atoms with Crippen LogP contribution in [0.4, 0.5) is 4.39 Å². The number of imidazole rings is 2. The largest absolute Gasteiger partial charge is 0.492 e. The fourth-order valence-electron chi connectivity index (χ4n) is 2.89. The Morgan fingerprint density at radius 1 is 1.38 bits per heavy atom. The number of ether oxygens (including phenoxy) is 1. The minimum Gasteiger partial charge on any atom is -0.492 e. The standard InChI is InChI=1S/C17H16ClFN4O/c1-24-16-14(18)6-11(7-15(16)19)17-21-4-5-22(17)9-13-8-20-10-23(13)12-2-3-12/h4-8,10,12H,2-3,9H2,1H3. The van der Waals surface area contributed by atoms with E-state index in [4.69, 9.17) is 16.3 Å². The average molecular weight is 347 g/mol. The van der Waals surface area contributed by atoms with Crippen LogP contribution in [0.5, 0.6) is 5.75 Å². The molecule has 0 unspecified atom stereocenters. The van der Waals surface area contributed by atoms with Crippen molar-refractivity contribution in [3.8, 4) is 17.1 Å². The summed E-state index contributed by atoms with van der Waals surface area (Å²) < 4.78 is 23.3. The number of nitrogens with zero attached hydrogens (tertiary/aromatic N) is 4. The molecule has 1 aromatic carbocycles. The number of hydrogen-bond acceptors (Lipinski definition) is 3. The second-order valence-corrected chi connectivity index (χ2v) is 6.28. The quantitative estimate of drug-likeness (QED) is 0.703. The van der Waals surface area contributed by atoms with Gasteiger partial charge in [-0.3, -0.25) is 0 Å². The molecule has 3 aromatic rings. The molecule has 0 radical (unpaired) electrons. The molecule has 4 rings (SSSR count). The molecule has 1 aliphatic carbocycles. The van der Waals surface area contributed by atoms with E-state index in [1.807, 2.05) is 23.3 Å². The third kappa shape index (κ3) is 2.67. The Labute approximate surface area is 143 Å². The lowest BCUT2D eigenvalue weighted by Gasteiger charge is -2.12. The lowest BCUT2D eigenvalue weighted by atomic mass is 10.2. The van der Waals surface area contributed by atoms with Gasteiger partial charge >= 0.3 is 0 Å². The third-order valence-electron chi connectivity index (χ3n) is 4.19. The van der Waals surface area contributed by atoms with Crippen LogP contribution in [0.1, 0.15) is 24.6 Å². The molecule has 0 N–H and O–H groups in total. The van der Waals surface area contributed by atoms with Crippen molar-refractivity contribution < 1.29 is 9.13 Å². The Morgan fingerprint density at radius 3 is 2.92 bits per heavy atom. The molecular weight excluding hydrogens is 331 g/mol. The Morgan fingerprint density at radius 2 is 2.21 bits per heavy atom. The molecule has 5 nitrogen and oxygen atoms in total. The summed E-state index contributed by atoms with van der Waals surface area (Å²) in [6.07, 6.45) is 9.69. The van der Waals surface area contributed by atoms with E-state index >= 15 is 0 Å². The predicted molar refractivity (Wildman–Crippen MR) is 88.8 cm³/mol. The number of hydrogen-bond donors (Lipinski definition) is 0. The zero-order valence-corrected chi connectivity index (χ0v) is 13.9. The molecule has 2 aromatic heterocycles. The molecule has 0 atom stereocenters. The topological polar surface area (TPSA) is 44.9 Å². The molecule has 1 fully saturated rings. The van der Waals surface area contributed by atoms with E-state index in [9.17, 15) is 4.39 Å². The van der Waals surface area contributed by atoms with Crippen LogP contribution in [0.2, 0.25) is 5.02 Å². The van der Waals surface area contributed by atoms with Crippen molar-refractivity contribution in [2.24, 2.45) is 0 Å². The molecular formula is C17H16ClFN4O. The van der Waals surface area contributed by atoms with Crippen LogP contribution in [0, 0.1) is 5.82 Å². The van der Waals surface area contributed by atoms with Gasteiger partial charge in [0.2, 0.25) is 0 Å². The molecule has 0 amide bonds. The Balaban J connectivity index is 1.69. The molecule has 0 aliphatic heterocycles. The number of methoxy groups -OCH3 is 1. The van der Waals surface area contributed by atoms with Crippen LogP contribution >= 0.6 is 11.6 Å². The van der Waals surface area contributed by atoms with E-state index in [1.54, 1.807) is 12.3 Å². The molecule has 2 heterocycles. The number of benzene rings is 1. The number of aromatic nitrogens is 4. The van der Waals surface area contributed by atoms with E-state index < -0.39 is 5.82 Å². The van der Waals surface area contributed by atoms with Crippen LogP contribution < -0.4 is 4.74 Å². The first-order chi connectivity index (χ1) is 11.7. The van der Waals surface area contributed by atoms with Crippen molar-refractivity contribution in [1.82, 2.24) is 19.1 Å². The summed E-state index contributed by atoms with van der Waals surface area (Å²) in [5, 5.41) is 0.227. The van der Waals surface area contributed by atoms with Crippen LogP contribution in [0.15, 0.2) is 37.1 Å². The zero-order valence-electron chi connectivity index (χ0n) is 13.1. The molecule has 7 heteroatoms. The number of halogens is 2. The van der Waals surface area contributed by atoms with Crippen molar-refractivity contribution in [2.75, 3.05) is 7.11 Å². The first-order valence-electron chi connectivity index (χ1n) is 7.72. The highest BCUT2D eigenvalue weighted by Gasteiger charge is 2.25. The highest BCUT2D eigenvalue weighted by atomic mass is 35.5. The Kier molecular flexibility index (Phi) is 3.76. The minimum atomic E-state index is -0.502. The molecule has 0 bridgehead atoms. The molecule has 124 valence electrons. The maximum absolute atomic E-state index is 14.1. The lowest BCUT2D eigenvalue weighted by Crippen LogP contribution is -2.07. The Bertz CT molecular complexity index is 861. The average Bonchev–Trinajstić information content (AvgIpc) is 3.11. The van der Waals surface area contributed by atoms with Gasteiger partial charge in [-0.15, -0.1) is 0 Å². The summed E-state index contributed by atoms with van der Waals surface area (Å²) in [6, 6.07) is 3.62.